The summed E-state index contributed by atoms with van der Waals surface area (Å²) in [5, 5.41) is 0. The maximum Gasteiger partial charge on any atom is -0.0392 e. The van der Waals surface area contributed by atoms with E-state index in [2.05, 4.69) is 96.1 Å². The van der Waals surface area contributed by atoms with Crippen LogP contribution in [0, 0.1) is 41.5 Å². The van der Waals surface area contributed by atoms with E-state index in [-0.39, 0.29) is 0 Å². The van der Waals surface area contributed by atoms with Crippen LogP contribution < -0.4 is 0 Å². The molecule has 0 radical (unpaired) electrons. The average Bonchev–Trinajstić information content (AvgIpc) is 2.57. The molecule has 3 aromatic rings. The molecule has 0 atom stereocenters. The Bertz CT molecular complexity index is 683. The standard InChI is InChI=1S/C9H12.C8H10.C7H8/c1-7-5-4-6-8(2)9(7)3;1-7-5-3-4-6-8(7)2;1-7-5-3-2-4-6-7/h4-6H,1-3H3;3-6H,1-2H3;2-6H,1H3. The quantitative estimate of drug-likeness (QED) is 0.422. The van der Waals surface area contributed by atoms with E-state index in [4.69, 9.17) is 0 Å². The van der Waals surface area contributed by atoms with Crippen LogP contribution in [-0.2, 0) is 0 Å². The summed E-state index contributed by atoms with van der Waals surface area (Å²) >= 11 is 0. The Hall–Kier alpha value is -2.34. The molecule has 0 aromatic heterocycles. The van der Waals surface area contributed by atoms with Crippen molar-refractivity contribution >= 4 is 0 Å². The Balaban J connectivity index is 0.000000181. The summed E-state index contributed by atoms with van der Waals surface area (Å²) in [5.74, 6) is 0. The van der Waals surface area contributed by atoms with Crippen LogP contribution in [0.2, 0.25) is 0 Å². The van der Waals surface area contributed by atoms with Crippen molar-refractivity contribution in [3.8, 4) is 0 Å². The first-order valence-corrected chi connectivity index (χ1v) is 8.48. The molecule has 0 amide bonds. The van der Waals surface area contributed by atoms with E-state index >= 15 is 0 Å². The van der Waals surface area contributed by atoms with E-state index < -0.39 is 0 Å². The van der Waals surface area contributed by atoms with Gasteiger partial charge in [-0.2, -0.15) is 0 Å². The Morgan fingerprint density at radius 2 is 0.750 bits per heavy atom. The lowest BCUT2D eigenvalue weighted by Crippen LogP contribution is -1.82. The molecule has 0 saturated heterocycles. The molecule has 24 heavy (non-hydrogen) atoms. The lowest BCUT2D eigenvalue weighted by molar-refractivity contribution is 1.27. The molecule has 0 nitrogen and oxygen atoms in total. The monoisotopic (exact) mass is 318 g/mol. The zero-order chi connectivity index (χ0) is 17.9. The lowest BCUT2D eigenvalue weighted by atomic mass is 10.1. The van der Waals surface area contributed by atoms with Crippen molar-refractivity contribution in [2.75, 3.05) is 0 Å². The summed E-state index contributed by atoms with van der Waals surface area (Å²) in [6.07, 6.45) is 0. The highest BCUT2D eigenvalue weighted by molar-refractivity contribution is 5.31. The van der Waals surface area contributed by atoms with Gasteiger partial charge in [-0.15, -0.1) is 0 Å². The van der Waals surface area contributed by atoms with Gasteiger partial charge in [-0.05, 0) is 69.4 Å². The smallest absolute Gasteiger partial charge is 0.0392 e. The topological polar surface area (TPSA) is 0 Å². The fourth-order valence-electron chi connectivity index (χ4n) is 2.09. The fourth-order valence-corrected chi connectivity index (χ4v) is 2.09. The van der Waals surface area contributed by atoms with Crippen LogP contribution >= 0.6 is 0 Å². The van der Waals surface area contributed by atoms with Gasteiger partial charge in [0.15, 0.2) is 0 Å². The van der Waals surface area contributed by atoms with E-state index in [1.54, 1.807) is 0 Å². The molecule has 3 rings (SSSR count). The van der Waals surface area contributed by atoms with Crippen LogP contribution in [0.5, 0.6) is 0 Å². The second-order valence-corrected chi connectivity index (χ2v) is 6.26. The van der Waals surface area contributed by atoms with Crippen molar-refractivity contribution in [3.63, 3.8) is 0 Å². The van der Waals surface area contributed by atoms with Gasteiger partial charge in [-0.3, -0.25) is 0 Å². The molecule has 0 bridgehead atoms. The molecule has 3 aromatic carbocycles. The number of hydrogen-bond donors (Lipinski definition) is 0. The molecular weight excluding hydrogens is 288 g/mol. The van der Waals surface area contributed by atoms with Crippen molar-refractivity contribution in [1.82, 2.24) is 0 Å². The molecule has 0 unspecified atom stereocenters. The van der Waals surface area contributed by atoms with Crippen molar-refractivity contribution in [3.05, 3.63) is 106 Å². The number of hydrogen-bond acceptors (Lipinski definition) is 0. The first-order valence-electron chi connectivity index (χ1n) is 8.48. The normalized spacial score (nSPS) is 9.25. The summed E-state index contributed by atoms with van der Waals surface area (Å²) in [6, 6.07) is 25.0. The maximum absolute atomic E-state index is 2.16. The third-order valence-corrected chi connectivity index (χ3v) is 4.24. The van der Waals surface area contributed by atoms with Crippen molar-refractivity contribution in [1.29, 1.82) is 0 Å². The average molecular weight is 319 g/mol. The van der Waals surface area contributed by atoms with Crippen LogP contribution in [0.4, 0.5) is 0 Å². The minimum Gasteiger partial charge on any atom is -0.0622 e. The van der Waals surface area contributed by atoms with Crippen LogP contribution in [-0.4, -0.2) is 0 Å². The van der Waals surface area contributed by atoms with Gasteiger partial charge in [-0.25, -0.2) is 0 Å². The van der Waals surface area contributed by atoms with Gasteiger partial charge >= 0.3 is 0 Å². The van der Waals surface area contributed by atoms with Gasteiger partial charge in [0.05, 0.1) is 0 Å². The van der Waals surface area contributed by atoms with E-state index in [0.717, 1.165) is 0 Å². The molecule has 0 fully saturated rings. The summed E-state index contributed by atoms with van der Waals surface area (Å²) in [4.78, 5) is 0. The van der Waals surface area contributed by atoms with Crippen molar-refractivity contribution in [2.24, 2.45) is 0 Å². The van der Waals surface area contributed by atoms with Gasteiger partial charge in [0, 0.05) is 0 Å². The highest BCUT2D eigenvalue weighted by atomic mass is 14.0. The molecule has 126 valence electrons. The summed E-state index contributed by atoms with van der Waals surface area (Å²) in [5.41, 5.74) is 8.24. The minimum absolute atomic E-state index is 1.32. The Morgan fingerprint density at radius 1 is 0.375 bits per heavy atom. The van der Waals surface area contributed by atoms with Crippen LogP contribution in [0.25, 0.3) is 0 Å². The second-order valence-electron chi connectivity index (χ2n) is 6.26. The minimum atomic E-state index is 1.32. The zero-order valence-corrected chi connectivity index (χ0v) is 15.9. The van der Waals surface area contributed by atoms with Gasteiger partial charge in [0.1, 0.15) is 0 Å². The molecule has 0 aliphatic rings. The summed E-state index contributed by atoms with van der Waals surface area (Å²) in [6.45, 7) is 12.8. The Kier molecular flexibility index (Phi) is 8.57. The van der Waals surface area contributed by atoms with Crippen molar-refractivity contribution in [2.45, 2.75) is 41.5 Å². The SMILES string of the molecule is Cc1cccc(C)c1C.Cc1ccccc1.Cc1ccccc1C. The van der Waals surface area contributed by atoms with E-state index in [9.17, 15) is 0 Å². The fraction of sp³-hybridized carbons (Fsp3) is 0.250. The molecule has 0 heteroatoms. The molecule has 0 aliphatic heterocycles. The number of rotatable bonds is 0. The molecule has 0 aliphatic carbocycles. The largest absolute Gasteiger partial charge is 0.0622 e. The first-order chi connectivity index (χ1) is 11.4. The third kappa shape index (κ3) is 7.28. The van der Waals surface area contributed by atoms with Gasteiger partial charge < -0.3 is 0 Å². The molecule has 0 N–H and O–H groups in total. The number of aryl methyl sites for hydroxylation is 5. The zero-order valence-electron chi connectivity index (χ0n) is 15.9. The predicted molar refractivity (Wildman–Crippen MR) is 108 cm³/mol. The summed E-state index contributed by atoms with van der Waals surface area (Å²) in [7, 11) is 0. The summed E-state index contributed by atoms with van der Waals surface area (Å²) < 4.78 is 0. The Labute approximate surface area is 148 Å². The predicted octanol–water partition coefficient (Wildman–Crippen LogP) is 6.91. The first kappa shape index (κ1) is 19.7. The lowest BCUT2D eigenvalue weighted by Gasteiger charge is -2.00. The molecule has 0 heterocycles. The van der Waals surface area contributed by atoms with E-state index in [1.807, 2.05) is 18.2 Å². The van der Waals surface area contributed by atoms with Gasteiger partial charge in [-0.1, -0.05) is 78.4 Å². The van der Waals surface area contributed by atoms with Crippen LogP contribution in [0.3, 0.4) is 0 Å². The third-order valence-electron chi connectivity index (χ3n) is 4.24. The molecule has 0 saturated carbocycles. The molecule has 0 spiro atoms. The van der Waals surface area contributed by atoms with Crippen LogP contribution in [0.1, 0.15) is 33.4 Å². The van der Waals surface area contributed by atoms with Gasteiger partial charge in [0.2, 0.25) is 0 Å². The van der Waals surface area contributed by atoms with Crippen molar-refractivity contribution < 1.29 is 0 Å². The van der Waals surface area contributed by atoms with Crippen LogP contribution in [0.15, 0.2) is 72.8 Å². The van der Waals surface area contributed by atoms with Gasteiger partial charge in [0.25, 0.3) is 0 Å². The molecular formula is C24H30. The Morgan fingerprint density at radius 3 is 1.04 bits per heavy atom. The number of benzene rings is 3. The highest BCUT2D eigenvalue weighted by Crippen LogP contribution is 2.10. The van der Waals surface area contributed by atoms with E-state index in [0.29, 0.717) is 0 Å². The maximum atomic E-state index is 2.16. The van der Waals surface area contributed by atoms with E-state index in [1.165, 1.54) is 33.4 Å². The second kappa shape index (κ2) is 10.4. The highest BCUT2D eigenvalue weighted by Gasteiger charge is 1.91.